The first-order valence-electron chi connectivity index (χ1n) is 36.3. The van der Waals surface area contributed by atoms with Crippen molar-refractivity contribution in [3.8, 4) is 40.2 Å². The molecule has 11 N–H and O–H groups in total. The molecule has 0 aliphatic carbocycles. The smallest absolute Gasteiger partial charge is 0.506 e. The molecule has 0 saturated carbocycles. The summed E-state index contributed by atoms with van der Waals surface area (Å²) >= 11 is 0. The Hall–Kier alpha value is -12.9. The standard InChI is InChI=1S/C79H72N12O23S5/c1-49-19-30-69(93)61(31-49)36-54-24-29-67(74(98)41-54)86-47-79(103)91(119(86,112)113,90(78(102)46-85(118(90,110)111)66-28-23-53(40-73(66)97)35-58-14-8-10-18-68(58)92)88-76(100)44-83(116(88,106)107)64-26-21-52(39-71(64)95)34-57-13-7-9-17-62(57)81)89(77(101)45-84(117(89,108)109)65-27-22-50(38-72(65)96)32-55-11-3-5-15-59(55)42-80)87-75(99)43-82(115(87,104)105)63-25-20-51(37-70(63)94)33-56-12-4-6-16-60(56)48-114-2/h3-31,37-41H,32-36,42-48,80-81H2,1-2H3,(H4-3,92,93,94,95,96,97,98)/p+3. The first-order chi connectivity index (χ1) is 56.4. The molecule has 3 unspecified atom stereocenters. The van der Waals surface area contributed by atoms with Gasteiger partial charge in [-0.1, -0.05) is 133 Å². The van der Waals surface area contributed by atoms with Crippen LogP contribution in [-0.2, 0) is 125 Å². The number of quaternary nitrogens is 3. The van der Waals surface area contributed by atoms with Crippen molar-refractivity contribution in [2.45, 2.75) is 52.2 Å². The number of phenols is 7. The van der Waals surface area contributed by atoms with Crippen LogP contribution in [0.4, 0.5) is 34.1 Å². The summed E-state index contributed by atoms with van der Waals surface area (Å²) in [4.78, 5) is 84.9. The molecule has 5 amide bonds. The van der Waals surface area contributed by atoms with Gasteiger partial charge in [-0.3, -0.25) is 9.59 Å². The molecule has 5 aliphatic heterocycles. The fourth-order valence-corrected chi connectivity index (χ4v) is 27.6. The number of anilines is 6. The predicted octanol–water partition coefficient (Wildman–Crippen LogP) is 5.55. The van der Waals surface area contributed by atoms with Gasteiger partial charge < -0.3 is 51.9 Å². The normalized spacial score (nSPS) is 21.0. The van der Waals surface area contributed by atoms with Gasteiger partial charge in [0.15, 0.2) is 19.6 Å². The summed E-state index contributed by atoms with van der Waals surface area (Å²) in [6.45, 7) is -8.72. The SMILES string of the molecule is COCc1ccccc1Cc1ccc(N2CC(=O)N([N+]3([N+]4([N+]5(N6C(=O)CN(c7ccc(Cc8ccccc8N)cc7O)S6(=O)=O)C(=O)CN(c6ccc(Cc7ccccc7O)cc6O)S5(=O)=O)C(=O)CN(c5ccc(Cc6cc(C)ccc6O)cc5O)S4(=O)=O)C(=O)CN(c4ccc(Cc5ccccc5CN)cc4O)S3(=O)=O)S2(=O)=O)c(O)c1. The van der Waals surface area contributed by atoms with Crippen molar-refractivity contribution in [2.75, 3.05) is 67.1 Å². The van der Waals surface area contributed by atoms with Crippen LogP contribution in [-0.4, -0.2) is 168 Å². The van der Waals surface area contributed by atoms with E-state index >= 15 is 66.1 Å². The maximum atomic E-state index is 18.2. The number of nitrogens with two attached hydrogens (primary N) is 2. The molecular weight excluding hydrogens is 1650 g/mol. The number of methoxy groups -OCH3 is 1. The molecule has 35 nitrogen and oxygen atoms in total. The number of amides is 5. The maximum absolute atomic E-state index is 18.2. The first-order valence-corrected chi connectivity index (χ1v) is 43.3. The van der Waals surface area contributed by atoms with Crippen LogP contribution in [0.2, 0.25) is 0 Å². The van der Waals surface area contributed by atoms with E-state index in [1.807, 2.05) is 0 Å². The molecule has 0 radical (unpaired) electrons. The van der Waals surface area contributed by atoms with Crippen LogP contribution in [0.1, 0.15) is 72.3 Å². The zero-order valence-corrected chi connectivity index (χ0v) is 67.0. The number of carbonyl (C=O) groups is 5. The molecule has 5 aliphatic rings. The van der Waals surface area contributed by atoms with Crippen molar-refractivity contribution in [2.24, 2.45) is 5.73 Å². The largest absolute Gasteiger partial charge is 0.508 e. The van der Waals surface area contributed by atoms with Gasteiger partial charge >= 0.3 is 80.6 Å². The van der Waals surface area contributed by atoms with Crippen molar-refractivity contribution in [3.05, 3.63) is 279 Å². The van der Waals surface area contributed by atoms with Gasteiger partial charge in [0, 0.05) is 41.0 Å². The fourth-order valence-electron chi connectivity index (χ4n) is 15.9. The highest BCUT2D eigenvalue weighted by Gasteiger charge is 3.06. The molecule has 5 fully saturated rings. The summed E-state index contributed by atoms with van der Waals surface area (Å²) in [5.41, 5.74) is 11.3. The van der Waals surface area contributed by atoms with Gasteiger partial charge in [-0.25, -0.2) is 31.6 Å². The minimum Gasteiger partial charge on any atom is -0.508 e. The number of hydrogen-bond acceptors (Lipinski definition) is 25. The average Bonchev–Trinajstić information content (AvgIpc) is 1.45. The number of aromatic hydroxyl groups is 7. The van der Waals surface area contributed by atoms with Crippen LogP contribution in [0, 0.1) is 6.92 Å². The van der Waals surface area contributed by atoms with E-state index in [1.54, 1.807) is 85.8 Å². The number of para-hydroxylation sites is 2. The maximum Gasteiger partial charge on any atom is 0.506 e. The molecule has 0 aromatic heterocycles. The number of benzene rings is 10. The van der Waals surface area contributed by atoms with E-state index in [0.29, 0.717) is 39.4 Å². The zero-order valence-electron chi connectivity index (χ0n) is 62.9. The molecule has 119 heavy (non-hydrogen) atoms. The van der Waals surface area contributed by atoms with Crippen LogP contribution in [0.3, 0.4) is 0 Å². The number of carbonyl (C=O) groups excluding carboxylic acids is 5. The van der Waals surface area contributed by atoms with Crippen molar-refractivity contribution < 1.29 is 119 Å². The fraction of sp³-hybridized carbons (Fsp3) is 0.177. The van der Waals surface area contributed by atoms with E-state index in [9.17, 15) is 35.7 Å². The molecule has 10 aromatic carbocycles. The van der Waals surface area contributed by atoms with Crippen LogP contribution >= 0.6 is 0 Å². The number of aryl methyl sites for hydroxylation is 1. The van der Waals surface area contributed by atoms with E-state index in [-0.39, 0.29) is 123 Å². The van der Waals surface area contributed by atoms with Gasteiger partial charge in [0.1, 0.15) is 53.3 Å². The van der Waals surface area contributed by atoms with Crippen molar-refractivity contribution in [1.29, 1.82) is 0 Å². The second-order valence-corrected chi connectivity index (χ2v) is 37.6. The Morgan fingerprint density at radius 2 is 0.672 bits per heavy atom. The van der Waals surface area contributed by atoms with Crippen LogP contribution in [0.5, 0.6) is 40.2 Å². The molecule has 5 heterocycles. The number of nitrogen functional groups attached to an aromatic ring is 1. The third-order valence-corrected chi connectivity index (χ3v) is 31.8. The minimum atomic E-state index is -7.72. The number of ether oxygens (including phenoxy) is 1. The number of phenolic OH excluding ortho intramolecular Hbond substituents is 7. The molecule has 3 atom stereocenters. The number of hydrogen-bond donors (Lipinski definition) is 9. The lowest BCUT2D eigenvalue weighted by molar-refractivity contribution is -1.60. The second-order valence-electron chi connectivity index (χ2n) is 28.7. The van der Waals surface area contributed by atoms with Crippen molar-refractivity contribution in [1.82, 2.24) is 8.83 Å². The average molecular weight is 1720 g/mol. The van der Waals surface area contributed by atoms with Crippen molar-refractivity contribution >= 4 is 115 Å². The Morgan fingerprint density at radius 3 is 1.08 bits per heavy atom. The summed E-state index contributed by atoms with van der Waals surface area (Å²) in [5.74, 6) is -19.5. The topological polar surface area (TPSA) is 482 Å². The van der Waals surface area contributed by atoms with E-state index in [4.69, 9.17) is 16.2 Å². The molecule has 10 aromatic rings. The van der Waals surface area contributed by atoms with E-state index in [0.717, 1.165) is 72.8 Å². The van der Waals surface area contributed by atoms with E-state index in [1.165, 1.54) is 55.6 Å². The third-order valence-electron chi connectivity index (χ3n) is 21.4. The molecule has 0 bridgehead atoms. The summed E-state index contributed by atoms with van der Waals surface area (Å²) in [6.07, 6.45) is -0.803. The lowest BCUT2D eigenvalue weighted by atomic mass is 9.99. The highest BCUT2D eigenvalue weighted by atomic mass is 32.3. The molecule has 616 valence electrons. The number of rotatable bonds is 22. The van der Waals surface area contributed by atoms with Gasteiger partial charge in [-0.2, -0.15) is 21.1 Å². The lowest BCUT2D eigenvalue weighted by Crippen LogP contribution is -2.96. The number of nitrogens with zero attached hydrogens (tertiary/aromatic N) is 10. The van der Waals surface area contributed by atoms with Gasteiger partial charge in [-0.15, -0.1) is 25.3 Å². The monoisotopic (exact) mass is 1720 g/mol. The van der Waals surface area contributed by atoms with E-state index in [2.05, 4.69) is 0 Å². The molecule has 5 saturated heterocycles. The Morgan fingerprint density at radius 1 is 0.345 bits per heavy atom. The van der Waals surface area contributed by atoms with Crippen LogP contribution < -0.4 is 33.0 Å². The van der Waals surface area contributed by atoms with Crippen molar-refractivity contribution in [3.63, 3.8) is 0 Å². The Balaban J connectivity index is 1.04. The Kier molecular flexibility index (Phi) is 20.2. The van der Waals surface area contributed by atoms with Gasteiger partial charge in [0.05, 0.1) is 35.0 Å². The first kappa shape index (κ1) is 81.3. The predicted molar refractivity (Wildman–Crippen MR) is 429 cm³/mol. The second kappa shape index (κ2) is 29.6. The summed E-state index contributed by atoms with van der Waals surface area (Å²) in [7, 11) is -35.1. The summed E-state index contributed by atoms with van der Waals surface area (Å²) in [5, 5.41) is 83.4. The molecule has 40 heteroatoms. The minimum absolute atomic E-state index is 0.000100. The molecular formula is C79H75N12O23S5+3. The van der Waals surface area contributed by atoms with Crippen LogP contribution in [0.25, 0.3) is 0 Å². The summed E-state index contributed by atoms with van der Waals surface area (Å²) in [6, 6.07) is 44.1. The third kappa shape index (κ3) is 12.5. The van der Waals surface area contributed by atoms with E-state index < -0.39 is 192 Å². The quantitative estimate of drug-likeness (QED) is 0.0297. The Bertz CT molecular complexity index is 6600. The highest BCUT2D eigenvalue weighted by Crippen LogP contribution is 2.61. The summed E-state index contributed by atoms with van der Waals surface area (Å²) < 4.78 is 164. The van der Waals surface area contributed by atoms with Gasteiger partial charge in [-0.05, 0) is 172 Å². The Labute approximate surface area is 682 Å². The highest BCUT2D eigenvalue weighted by molar-refractivity contribution is 7.94. The van der Waals surface area contributed by atoms with Gasteiger partial charge in [0.25, 0.3) is 4.11 Å². The molecule has 15 rings (SSSR count). The molecule has 0 spiro atoms. The lowest BCUT2D eigenvalue weighted by Gasteiger charge is -2.45. The zero-order chi connectivity index (χ0) is 85.2. The van der Waals surface area contributed by atoms with Gasteiger partial charge in [0.2, 0.25) is 8.21 Å². The van der Waals surface area contributed by atoms with Crippen LogP contribution in [0.15, 0.2) is 206 Å².